The first kappa shape index (κ1) is 14.1. The van der Waals surface area contributed by atoms with E-state index in [0.29, 0.717) is 5.56 Å². The first-order valence-electron chi connectivity index (χ1n) is 7.01. The van der Waals surface area contributed by atoms with Crippen LogP contribution in [0.3, 0.4) is 0 Å². The minimum absolute atomic E-state index is 0.148. The fourth-order valence-corrected chi connectivity index (χ4v) is 2.87. The van der Waals surface area contributed by atoms with Gasteiger partial charge in [-0.1, -0.05) is 54.6 Å². The minimum atomic E-state index is -0.187. The Morgan fingerprint density at radius 2 is 1.71 bits per heavy atom. The maximum absolute atomic E-state index is 13.3. The highest BCUT2D eigenvalue weighted by Crippen LogP contribution is 2.27. The molecular formula is C19H16ClF. The number of halogens is 2. The highest BCUT2D eigenvalue weighted by atomic mass is 35.5. The van der Waals surface area contributed by atoms with Crippen molar-refractivity contribution in [3.8, 4) is 0 Å². The Balaban J connectivity index is 1.85. The van der Waals surface area contributed by atoms with E-state index in [1.165, 1.54) is 22.4 Å². The van der Waals surface area contributed by atoms with Gasteiger partial charge in [0.2, 0.25) is 0 Å². The third-order valence-electron chi connectivity index (χ3n) is 3.77. The average Bonchev–Trinajstić information content (AvgIpc) is 2.50. The second-order valence-electron chi connectivity index (χ2n) is 5.36. The molecule has 0 heterocycles. The Hall–Kier alpha value is -1.86. The van der Waals surface area contributed by atoms with Gasteiger partial charge in [0.05, 0.1) is 5.38 Å². The summed E-state index contributed by atoms with van der Waals surface area (Å²) in [4.78, 5) is 0. The number of hydrogen-bond donors (Lipinski definition) is 0. The minimum Gasteiger partial charge on any atom is -0.207 e. The van der Waals surface area contributed by atoms with Crippen molar-refractivity contribution in [1.29, 1.82) is 0 Å². The van der Waals surface area contributed by atoms with Crippen molar-refractivity contribution in [3.05, 3.63) is 83.2 Å². The molecule has 0 aliphatic heterocycles. The molecule has 2 heteroatoms. The third kappa shape index (κ3) is 3.08. The summed E-state index contributed by atoms with van der Waals surface area (Å²) in [5.41, 5.74) is 2.79. The van der Waals surface area contributed by atoms with Crippen molar-refractivity contribution in [2.45, 2.75) is 18.7 Å². The second kappa shape index (κ2) is 5.87. The topological polar surface area (TPSA) is 0 Å². The van der Waals surface area contributed by atoms with Crippen LogP contribution in [-0.2, 0) is 6.42 Å². The Bertz CT molecular complexity index is 779. The molecule has 3 rings (SSSR count). The molecule has 0 fully saturated rings. The SMILES string of the molecule is Cc1cc(C(Cl)Cc2ccc3ccccc3c2)ccc1F. The van der Waals surface area contributed by atoms with E-state index >= 15 is 0 Å². The van der Waals surface area contributed by atoms with Crippen LogP contribution in [0, 0.1) is 12.7 Å². The molecule has 0 spiro atoms. The van der Waals surface area contributed by atoms with E-state index in [-0.39, 0.29) is 11.2 Å². The van der Waals surface area contributed by atoms with E-state index in [0.717, 1.165) is 12.0 Å². The molecule has 0 aliphatic rings. The molecule has 21 heavy (non-hydrogen) atoms. The van der Waals surface area contributed by atoms with Crippen molar-refractivity contribution in [3.63, 3.8) is 0 Å². The van der Waals surface area contributed by atoms with Crippen LogP contribution >= 0.6 is 11.6 Å². The van der Waals surface area contributed by atoms with E-state index < -0.39 is 0 Å². The molecule has 0 saturated carbocycles. The van der Waals surface area contributed by atoms with Gasteiger partial charge >= 0.3 is 0 Å². The standard InChI is InChI=1S/C19H16ClF/c1-13-10-17(8-9-19(13)21)18(20)12-14-6-7-15-4-2-3-5-16(15)11-14/h2-11,18H,12H2,1H3. The number of aryl methyl sites for hydroxylation is 1. The zero-order valence-corrected chi connectivity index (χ0v) is 12.6. The van der Waals surface area contributed by atoms with Crippen LogP contribution in [0.2, 0.25) is 0 Å². The van der Waals surface area contributed by atoms with Gasteiger partial charge in [0.1, 0.15) is 5.82 Å². The van der Waals surface area contributed by atoms with Gasteiger partial charge in [-0.25, -0.2) is 4.39 Å². The van der Waals surface area contributed by atoms with Crippen molar-refractivity contribution < 1.29 is 4.39 Å². The van der Waals surface area contributed by atoms with E-state index in [9.17, 15) is 4.39 Å². The molecule has 0 N–H and O–H groups in total. The predicted molar refractivity (Wildman–Crippen MR) is 87.4 cm³/mol. The fraction of sp³-hybridized carbons (Fsp3) is 0.158. The molecule has 1 atom stereocenters. The van der Waals surface area contributed by atoms with Gasteiger partial charge in [0, 0.05) is 0 Å². The number of rotatable bonds is 3. The first-order valence-corrected chi connectivity index (χ1v) is 7.45. The molecule has 0 amide bonds. The fourth-order valence-electron chi connectivity index (χ4n) is 2.55. The van der Waals surface area contributed by atoms with Crippen molar-refractivity contribution in [2.24, 2.45) is 0 Å². The summed E-state index contributed by atoms with van der Waals surface area (Å²) in [7, 11) is 0. The van der Waals surface area contributed by atoms with Crippen LogP contribution in [-0.4, -0.2) is 0 Å². The zero-order valence-electron chi connectivity index (χ0n) is 11.8. The van der Waals surface area contributed by atoms with Crippen LogP contribution in [0.4, 0.5) is 4.39 Å². The third-order valence-corrected chi connectivity index (χ3v) is 4.18. The van der Waals surface area contributed by atoms with Gasteiger partial charge in [-0.3, -0.25) is 0 Å². The molecule has 3 aromatic carbocycles. The average molecular weight is 299 g/mol. The van der Waals surface area contributed by atoms with Crippen LogP contribution in [0.25, 0.3) is 10.8 Å². The van der Waals surface area contributed by atoms with Gasteiger partial charge in [0.25, 0.3) is 0 Å². The molecule has 0 aliphatic carbocycles. The van der Waals surface area contributed by atoms with Crippen LogP contribution in [0.5, 0.6) is 0 Å². The lowest BCUT2D eigenvalue weighted by atomic mass is 10.00. The molecule has 1 unspecified atom stereocenters. The van der Waals surface area contributed by atoms with Crippen molar-refractivity contribution >= 4 is 22.4 Å². The van der Waals surface area contributed by atoms with Gasteiger partial charge < -0.3 is 0 Å². The molecule has 0 bridgehead atoms. The zero-order chi connectivity index (χ0) is 14.8. The summed E-state index contributed by atoms with van der Waals surface area (Å²) in [6, 6.07) is 19.7. The van der Waals surface area contributed by atoms with Crippen LogP contribution in [0.1, 0.15) is 22.1 Å². The Morgan fingerprint density at radius 1 is 0.952 bits per heavy atom. The first-order chi connectivity index (χ1) is 10.1. The molecule has 3 aromatic rings. The largest absolute Gasteiger partial charge is 0.207 e. The Labute approximate surface area is 129 Å². The van der Waals surface area contributed by atoms with Gasteiger partial charge in [-0.2, -0.15) is 0 Å². The van der Waals surface area contributed by atoms with Gasteiger partial charge in [-0.05, 0) is 46.9 Å². The summed E-state index contributed by atoms with van der Waals surface area (Å²) >= 11 is 6.49. The predicted octanol–water partition coefficient (Wildman–Crippen LogP) is 5.81. The maximum atomic E-state index is 13.3. The van der Waals surface area contributed by atoms with E-state index in [1.807, 2.05) is 18.2 Å². The van der Waals surface area contributed by atoms with Gasteiger partial charge in [0.15, 0.2) is 0 Å². The lowest BCUT2D eigenvalue weighted by molar-refractivity contribution is 0.617. The number of benzene rings is 3. The number of fused-ring (bicyclic) bond motifs is 1. The number of alkyl halides is 1. The summed E-state index contributed by atoms with van der Waals surface area (Å²) < 4.78 is 13.3. The maximum Gasteiger partial charge on any atom is 0.126 e. The second-order valence-corrected chi connectivity index (χ2v) is 5.89. The molecule has 0 radical (unpaired) electrons. The van der Waals surface area contributed by atoms with Gasteiger partial charge in [-0.15, -0.1) is 11.6 Å². The van der Waals surface area contributed by atoms with E-state index in [1.54, 1.807) is 13.0 Å². The molecule has 0 nitrogen and oxygen atoms in total. The van der Waals surface area contributed by atoms with Crippen LogP contribution < -0.4 is 0 Å². The Kier molecular flexibility index (Phi) is 3.94. The van der Waals surface area contributed by atoms with E-state index in [2.05, 4.69) is 30.3 Å². The monoisotopic (exact) mass is 298 g/mol. The normalized spacial score (nSPS) is 12.5. The summed E-state index contributed by atoms with van der Waals surface area (Å²) in [5, 5.41) is 2.30. The molecular weight excluding hydrogens is 283 g/mol. The molecule has 0 aromatic heterocycles. The lowest BCUT2D eigenvalue weighted by Crippen LogP contribution is -1.97. The summed E-state index contributed by atoms with van der Waals surface area (Å²) in [6.07, 6.45) is 0.734. The van der Waals surface area contributed by atoms with E-state index in [4.69, 9.17) is 11.6 Å². The summed E-state index contributed by atoms with van der Waals surface area (Å²) in [5.74, 6) is -0.187. The summed E-state index contributed by atoms with van der Waals surface area (Å²) in [6.45, 7) is 1.76. The van der Waals surface area contributed by atoms with Crippen LogP contribution in [0.15, 0.2) is 60.7 Å². The number of hydrogen-bond acceptors (Lipinski definition) is 0. The smallest absolute Gasteiger partial charge is 0.126 e. The molecule has 106 valence electrons. The van der Waals surface area contributed by atoms with Crippen molar-refractivity contribution in [1.82, 2.24) is 0 Å². The quantitative estimate of drug-likeness (QED) is 0.535. The highest BCUT2D eigenvalue weighted by molar-refractivity contribution is 6.21. The lowest BCUT2D eigenvalue weighted by Gasteiger charge is -2.12. The Morgan fingerprint density at radius 3 is 2.48 bits per heavy atom. The molecule has 0 saturated heterocycles. The van der Waals surface area contributed by atoms with Crippen molar-refractivity contribution in [2.75, 3.05) is 0 Å². The highest BCUT2D eigenvalue weighted by Gasteiger charge is 2.11.